The van der Waals surface area contributed by atoms with E-state index in [2.05, 4.69) is 4.72 Å². The predicted octanol–water partition coefficient (Wildman–Crippen LogP) is 0.863. The summed E-state index contributed by atoms with van der Waals surface area (Å²) >= 11 is 0. The van der Waals surface area contributed by atoms with E-state index in [1.165, 1.54) is 0 Å². The second-order valence-corrected chi connectivity index (χ2v) is 6.25. The van der Waals surface area contributed by atoms with Crippen molar-refractivity contribution in [3.05, 3.63) is 29.8 Å². The van der Waals surface area contributed by atoms with Gasteiger partial charge in [-0.15, -0.1) is 0 Å². The average molecular weight is 268 g/mol. The Hall–Kier alpha value is -1.40. The van der Waals surface area contributed by atoms with Crippen molar-refractivity contribution in [2.24, 2.45) is 0 Å². The standard InChI is InChI=1S/C12H16N2O3S/c1-18(16,17)13-9-10-4-2-5-11(8-10)14-7-3-6-12(14)15/h2,4-5,8,13H,3,6-7,9H2,1H3. The third-order valence-corrected chi connectivity index (χ3v) is 3.50. The maximum atomic E-state index is 11.6. The normalized spacial score (nSPS) is 16.3. The Kier molecular flexibility index (Phi) is 3.68. The fourth-order valence-electron chi connectivity index (χ4n) is 1.97. The monoisotopic (exact) mass is 268 g/mol. The zero-order valence-corrected chi connectivity index (χ0v) is 11.0. The lowest BCUT2D eigenvalue weighted by molar-refractivity contribution is -0.117. The maximum absolute atomic E-state index is 11.6. The largest absolute Gasteiger partial charge is 0.312 e. The van der Waals surface area contributed by atoms with Gasteiger partial charge in [-0.2, -0.15) is 0 Å². The average Bonchev–Trinajstić information content (AvgIpc) is 2.72. The van der Waals surface area contributed by atoms with Gasteiger partial charge in [0.15, 0.2) is 0 Å². The van der Waals surface area contributed by atoms with Crippen molar-refractivity contribution in [3.63, 3.8) is 0 Å². The summed E-state index contributed by atoms with van der Waals surface area (Å²) in [5.74, 6) is 0.128. The van der Waals surface area contributed by atoms with Crippen LogP contribution in [0.4, 0.5) is 5.69 Å². The van der Waals surface area contributed by atoms with Crippen molar-refractivity contribution in [2.75, 3.05) is 17.7 Å². The van der Waals surface area contributed by atoms with Crippen LogP contribution in [-0.2, 0) is 21.4 Å². The summed E-state index contributed by atoms with van der Waals surface area (Å²) in [6.07, 6.45) is 2.59. The molecule has 1 aromatic carbocycles. The van der Waals surface area contributed by atoms with Crippen LogP contribution < -0.4 is 9.62 Å². The van der Waals surface area contributed by atoms with Gasteiger partial charge in [-0.1, -0.05) is 12.1 Å². The van der Waals surface area contributed by atoms with Gasteiger partial charge in [0.05, 0.1) is 6.26 Å². The van der Waals surface area contributed by atoms with Crippen molar-refractivity contribution in [3.8, 4) is 0 Å². The SMILES string of the molecule is CS(=O)(=O)NCc1cccc(N2CCCC2=O)c1. The van der Waals surface area contributed by atoms with E-state index in [1.54, 1.807) is 4.90 Å². The quantitative estimate of drug-likeness (QED) is 0.881. The van der Waals surface area contributed by atoms with E-state index in [9.17, 15) is 13.2 Å². The molecule has 1 aromatic rings. The smallest absolute Gasteiger partial charge is 0.227 e. The minimum absolute atomic E-state index is 0.128. The van der Waals surface area contributed by atoms with Gasteiger partial charge in [-0.05, 0) is 24.1 Å². The molecular weight excluding hydrogens is 252 g/mol. The number of benzene rings is 1. The fourth-order valence-corrected chi connectivity index (χ4v) is 2.40. The Bertz CT molecular complexity index is 554. The van der Waals surface area contributed by atoms with Gasteiger partial charge in [-0.3, -0.25) is 4.79 Å². The van der Waals surface area contributed by atoms with Crippen LogP contribution in [0.25, 0.3) is 0 Å². The molecule has 1 amide bonds. The lowest BCUT2D eigenvalue weighted by Crippen LogP contribution is -2.24. The number of carbonyl (C=O) groups is 1. The number of hydrogen-bond acceptors (Lipinski definition) is 3. The van der Waals surface area contributed by atoms with E-state index in [4.69, 9.17) is 0 Å². The highest BCUT2D eigenvalue weighted by molar-refractivity contribution is 7.88. The molecule has 18 heavy (non-hydrogen) atoms. The molecule has 0 bridgehead atoms. The molecule has 1 aliphatic heterocycles. The molecule has 0 radical (unpaired) electrons. The van der Waals surface area contributed by atoms with Crippen LogP contribution in [0.2, 0.25) is 0 Å². The third-order valence-electron chi connectivity index (χ3n) is 2.83. The Labute approximate surface area is 107 Å². The Morgan fingerprint density at radius 2 is 2.17 bits per heavy atom. The molecule has 0 atom stereocenters. The molecule has 1 aliphatic rings. The summed E-state index contributed by atoms with van der Waals surface area (Å²) in [5.41, 5.74) is 1.68. The van der Waals surface area contributed by atoms with Gasteiger partial charge >= 0.3 is 0 Å². The molecule has 0 aromatic heterocycles. The zero-order valence-electron chi connectivity index (χ0n) is 10.2. The lowest BCUT2D eigenvalue weighted by atomic mass is 10.2. The summed E-state index contributed by atoms with van der Waals surface area (Å²) in [4.78, 5) is 13.4. The molecular formula is C12H16N2O3S. The van der Waals surface area contributed by atoms with Crippen molar-refractivity contribution in [2.45, 2.75) is 19.4 Å². The molecule has 0 saturated carbocycles. The van der Waals surface area contributed by atoms with Crippen LogP contribution in [0, 0.1) is 0 Å². The van der Waals surface area contributed by atoms with Gasteiger partial charge in [-0.25, -0.2) is 13.1 Å². The van der Waals surface area contributed by atoms with Crippen LogP contribution in [-0.4, -0.2) is 27.1 Å². The van der Waals surface area contributed by atoms with Crippen LogP contribution >= 0.6 is 0 Å². The number of anilines is 1. The number of carbonyl (C=O) groups excluding carboxylic acids is 1. The highest BCUT2D eigenvalue weighted by atomic mass is 32.2. The fraction of sp³-hybridized carbons (Fsp3) is 0.417. The van der Waals surface area contributed by atoms with Gasteiger partial charge in [0, 0.05) is 25.2 Å². The number of nitrogens with zero attached hydrogens (tertiary/aromatic N) is 1. The van der Waals surface area contributed by atoms with Crippen molar-refractivity contribution in [1.29, 1.82) is 0 Å². The topological polar surface area (TPSA) is 66.5 Å². The lowest BCUT2D eigenvalue weighted by Gasteiger charge is -2.16. The van der Waals surface area contributed by atoms with Crippen LogP contribution in [0.1, 0.15) is 18.4 Å². The predicted molar refractivity (Wildman–Crippen MR) is 69.7 cm³/mol. The molecule has 5 nitrogen and oxygen atoms in total. The molecule has 2 rings (SSSR count). The minimum Gasteiger partial charge on any atom is -0.312 e. The van der Waals surface area contributed by atoms with Gasteiger partial charge in [0.1, 0.15) is 0 Å². The van der Waals surface area contributed by atoms with Crippen LogP contribution in [0.15, 0.2) is 24.3 Å². The molecule has 0 spiro atoms. The number of amides is 1. The first-order valence-corrected chi connectivity index (χ1v) is 7.69. The van der Waals surface area contributed by atoms with Crippen molar-refractivity contribution >= 4 is 21.6 Å². The summed E-state index contributed by atoms with van der Waals surface area (Å²) in [5, 5.41) is 0. The molecule has 98 valence electrons. The van der Waals surface area contributed by atoms with E-state index < -0.39 is 10.0 Å². The molecule has 6 heteroatoms. The second kappa shape index (κ2) is 5.07. The first-order chi connectivity index (χ1) is 8.46. The maximum Gasteiger partial charge on any atom is 0.227 e. The number of nitrogens with one attached hydrogen (secondary N) is 1. The van der Waals surface area contributed by atoms with E-state index in [1.807, 2.05) is 24.3 Å². The molecule has 1 saturated heterocycles. The second-order valence-electron chi connectivity index (χ2n) is 4.41. The highest BCUT2D eigenvalue weighted by Crippen LogP contribution is 2.22. The summed E-state index contributed by atoms with van der Waals surface area (Å²) in [6.45, 7) is 0.983. The Balaban J connectivity index is 2.12. The molecule has 1 heterocycles. The third kappa shape index (κ3) is 3.30. The minimum atomic E-state index is -3.20. The van der Waals surface area contributed by atoms with E-state index in [0.29, 0.717) is 6.42 Å². The summed E-state index contributed by atoms with van der Waals surface area (Å²) in [7, 11) is -3.20. The van der Waals surface area contributed by atoms with Crippen molar-refractivity contribution in [1.82, 2.24) is 4.72 Å². The molecule has 0 unspecified atom stereocenters. The van der Waals surface area contributed by atoms with Crippen LogP contribution in [0.5, 0.6) is 0 Å². The molecule has 1 N–H and O–H groups in total. The van der Waals surface area contributed by atoms with Gasteiger partial charge < -0.3 is 4.90 Å². The number of hydrogen-bond donors (Lipinski definition) is 1. The van der Waals surface area contributed by atoms with Crippen molar-refractivity contribution < 1.29 is 13.2 Å². The number of sulfonamides is 1. The first kappa shape index (κ1) is 13.0. The first-order valence-electron chi connectivity index (χ1n) is 5.80. The summed E-state index contributed by atoms with van der Waals surface area (Å²) in [6, 6.07) is 7.39. The molecule has 1 fully saturated rings. The van der Waals surface area contributed by atoms with E-state index in [-0.39, 0.29) is 12.5 Å². The Morgan fingerprint density at radius 1 is 1.39 bits per heavy atom. The van der Waals surface area contributed by atoms with Gasteiger partial charge in [0.25, 0.3) is 0 Å². The Morgan fingerprint density at radius 3 is 2.78 bits per heavy atom. The number of rotatable bonds is 4. The van der Waals surface area contributed by atoms with E-state index >= 15 is 0 Å². The van der Waals surface area contributed by atoms with Gasteiger partial charge in [0.2, 0.25) is 15.9 Å². The summed E-state index contributed by atoms with van der Waals surface area (Å²) < 4.78 is 24.5. The molecule has 0 aliphatic carbocycles. The highest BCUT2D eigenvalue weighted by Gasteiger charge is 2.21. The van der Waals surface area contributed by atoms with E-state index in [0.717, 1.165) is 30.5 Å². The van der Waals surface area contributed by atoms with Crippen LogP contribution in [0.3, 0.4) is 0 Å². The zero-order chi connectivity index (χ0) is 13.2.